The van der Waals surface area contributed by atoms with E-state index in [4.69, 9.17) is 1.37 Å². The van der Waals surface area contributed by atoms with E-state index in [0.29, 0.717) is 0 Å². The third-order valence-corrected chi connectivity index (χ3v) is 2.11. The molecular weight excluding hydrogens is 196 g/mol. The summed E-state index contributed by atoms with van der Waals surface area (Å²) in [4.78, 5) is 23.3. The Labute approximate surface area is 91.0 Å². The van der Waals surface area contributed by atoms with Gasteiger partial charge in [-0.05, 0) is 12.8 Å². The van der Waals surface area contributed by atoms with Crippen LogP contribution < -0.4 is 0 Å². The fourth-order valence-corrected chi connectivity index (χ4v) is 1.34. The summed E-state index contributed by atoms with van der Waals surface area (Å²) >= 11 is 0. The lowest BCUT2D eigenvalue weighted by atomic mass is 9.81. The van der Waals surface area contributed by atoms with E-state index in [9.17, 15) is 9.59 Å². The number of methoxy groups -OCH3 is 2. The third kappa shape index (κ3) is 2.68. The van der Waals surface area contributed by atoms with Crippen LogP contribution in [-0.2, 0) is 19.1 Å². The standard InChI is InChI=1S/C11H16O4/c1-5-7-11(8-6-2,9(12)14-3)10(13)15-4/h5-6H,1-2,7-8H2,3-4H3/i1D. The van der Waals surface area contributed by atoms with Crippen LogP contribution in [0.15, 0.2) is 25.3 Å². The molecule has 0 rings (SSSR count). The van der Waals surface area contributed by atoms with Crippen molar-refractivity contribution in [3.05, 3.63) is 25.3 Å². The van der Waals surface area contributed by atoms with Crippen LogP contribution in [0, 0.1) is 5.41 Å². The van der Waals surface area contributed by atoms with Crippen molar-refractivity contribution in [3.8, 4) is 0 Å². The second kappa shape index (κ2) is 6.01. The second-order valence-corrected chi connectivity index (χ2v) is 3.00. The zero-order valence-corrected chi connectivity index (χ0v) is 8.99. The van der Waals surface area contributed by atoms with Crippen molar-refractivity contribution in [1.82, 2.24) is 0 Å². The van der Waals surface area contributed by atoms with E-state index in [2.05, 4.69) is 16.1 Å². The molecule has 0 fully saturated rings. The van der Waals surface area contributed by atoms with Gasteiger partial charge in [0.1, 0.15) is 0 Å². The van der Waals surface area contributed by atoms with Crippen molar-refractivity contribution in [1.29, 1.82) is 0 Å². The molecule has 0 aliphatic heterocycles. The number of rotatable bonds is 6. The SMILES string of the molecule is [2H]C=CCC(CC=C)(C(=O)OC)C(=O)OC. The summed E-state index contributed by atoms with van der Waals surface area (Å²) in [7, 11) is 2.40. The van der Waals surface area contributed by atoms with E-state index in [-0.39, 0.29) is 12.8 Å². The van der Waals surface area contributed by atoms with Gasteiger partial charge in [-0.15, -0.1) is 13.1 Å². The molecule has 0 atom stereocenters. The number of carbonyl (C=O) groups excluding carboxylic acids is 2. The van der Waals surface area contributed by atoms with Gasteiger partial charge in [-0.3, -0.25) is 9.59 Å². The molecule has 0 amide bonds. The number of allylic oxidation sites excluding steroid dienone is 2. The van der Waals surface area contributed by atoms with Gasteiger partial charge in [-0.25, -0.2) is 0 Å². The second-order valence-electron chi connectivity index (χ2n) is 3.00. The van der Waals surface area contributed by atoms with Crippen LogP contribution in [0.5, 0.6) is 0 Å². The highest BCUT2D eigenvalue weighted by atomic mass is 16.5. The van der Waals surface area contributed by atoms with Gasteiger partial charge in [0.05, 0.1) is 15.6 Å². The molecule has 0 unspecified atom stereocenters. The van der Waals surface area contributed by atoms with E-state index in [1.807, 2.05) is 0 Å². The molecule has 4 nitrogen and oxygen atoms in total. The lowest BCUT2D eigenvalue weighted by molar-refractivity contribution is -0.168. The number of hydrogen-bond acceptors (Lipinski definition) is 4. The van der Waals surface area contributed by atoms with Gasteiger partial charge >= 0.3 is 11.9 Å². The molecule has 0 saturated heterocycles. The molecule has 0 heterocycles. The normalized spacial score (nSPS) is 12.0. The Morgan fingerprint density at radius 2 is 1.73 bits per heavy atom. The van der Waals surface area contributed by atoms with Gasteiger partial charge in [0, 0.05) is 0 Å². The maximum absolute atomic E-state index is 11.7. The van der Waals surface area contributed by atoms with Gasteiger partial charge in [0.25, 0.3) is 0 Å². The summed E-state index contributed by atoms with van der Waals surface area (Å²) in [5.41, 5.74) is -1.43. The summed E-state index contributed by atoms with van der Waals surface area (Å²) in [5, 5.41) is 0. The van der Waals surface area contributed by atoms with Crippen molar-refractivity contribution >= 4 is 11.9 Å². The average Bonchev–Trinajstić information content (AvgIpc) is 2.32. The monoisotopic (exact) mass is 213 g/mol. The molecule has 0 N–H and O–H groups in total. The van der Waals surface area contributed by atoms with Crippen LogP contribution in [0.2, 0.25) is 0 Å². The predicted molar refractivity (Wildman–Crippen MR) is 56.1 cm³/mol. The zero-order chi connectivity index (χ0) is 12.6. The van der Waals surface area contributed by atoms with Crippen molar-refractivity contribution in [2.75, 3.05) is 14.2 Å². The first-order valence-corrected chi connectivity index (χ1v) is 4.40. The fraction of sp³-hybridized carbons (Fsp3) is 0.455. The van der Waals surface area contributed by atoms with E-state index in [1.54, 1.807) is 0 Å². The molecule has 84 valence electrons. The Bertz CT molecular complexity index is 280. The van der Waals surface area contributed by atoms with E-state index < -0.39 is 17.4 Å². The maximum atomic E-state index is 11.7. The van der Waals surface area contributed by atoms with Crippen LogP contribution in [0.3, 0.4) is 0 Å². The largest absolute Gasteiger partial charge is 0.468 e. The Balaban J connectivity index is 5.27. The third-order valence-electron chi connectivity index (χ3n) is 2.11. The quantitative estimate of drug-likeness (QED) is 0.381. The van der Waals surface area contributed by atoms with Gasteiger partial charge in [-0.1, -0.05) is 12.2 Å². The fourth-order valence-electron chi connectivity index (χ4n) is 1.34. The minimum atomic E-state index is -1.43. The molecule has 4 heteroatoms. The minimum absolute atomic E-state index is 0.0574. The molecule has 0 aromatic rings. The van der Waals surface area contributed by atoms with Crippen molar-refractivity contribution in [2.24, 2.45) is 5.41 Å². The number of hydrogen-bond donors (Lipinski definition) is 0. The minimum Gasteiger partial charge on any atom is -0.468 e. The van der Waals surface area contributed by atoms with Crippen LogP contribution in [0.4, 0.5) is 0 Å². The number of carbonyl (C=O) groups is 2. The number of ether oxygens (including phenoxy) is 2. The predicted octanol–water partition coefficient (Wildman–Crippen LogP) is 1.47. The van der Waals surface area contributed by atoms with Gasteiger partial charge in [-0.2, -0.15) is 0 Å². The summed E-state index contributed by atoms with van der Waals surface area (Å²) < 4.78 is 16.1. The Kier molecular flexibility index (Phi) is 4.60. The first-order valence-electron chi connectivity index (χ1n) is 4.98. The van der Waals surface area contributed by atoms with Crippen LogP contribution in [0.1, 0.15) is 14.2 Å². The average molecular weight is 213 g/mol. The zero-order valence-electron chi connectivity index (χ0n) is 9.99. The van der Waals surface area contributed by atoms with Crippen LogP contribution in [-0.4, -0.2) is 26.2 Å². The van der Waals surface area contributed by atoms with E-state index >= 15 is 0 Å². The van der Waals surface area contributed by atoms with Crippen molar-refractivity contribution < 1.29 is 20.4 Å². The molecule has 0 aromatic heterocycles. The van der Waals surface area contributed by atoms with Gasteiger partial charge in [0.2, 0.25) is 0 Å². The summed E-state index contributed by atoms with van der Waals surface area (Å²) in [6.07, 6.45) is 3.02. The van der Waals surface area contributed by atoms with E-state index in [1.165, 1.54) is 26.4 Å². The molecule has 0 saturated carbocycles. The highest BCUT2D eigenvalue weighted by Crippen LogP contribution is 2.31. The van der Waals surface area contributed by atoms with Crippen molar-refractivity contribution in [2.45, 2.75) is 12.8 Å². The molecule has 0 aliphatic carbocycles. The lowest BCUT2D eigenvalue weighted by Gasteiger charge is -2.25. The summed E-state index contributed by atoms with van der Waals surface area (Å²) in [6, 6.07) is 0. The lowest BCUT2D eigenvalue weighted by Crippen LogP contribution is -2.40. The smallest absolute Gasteiger partial charge is 0.323 e. The molecule has 0 aromatic carbocycles. The van der Waals surface area contributed by atoms with E-state index in [0.717, 1.165) is 6.55 Å². The van der Waals surface area contributed by atoms with Gasteiger partial charge in [0.15, 0.2) is 5.41 Å². The molecule has 15 heavy (non-hydrogen) atoms. The van der Waals surface area contributed by atoms with Crippen molar-refractivity contribution in [3.63, 3.8) is 0 Å². The Morgan fingerprint density at radius 3 is 2.07 bits per heavy atom. The molecule has 0 bridgehead atoms. The Hall–Kier alpha value is -1.58. The van der Waals surface area contributed by atoms with Crippen LogP contribution in [0.25, 0.3) is 0 Å². The molecule has 0 aliphatic rings. The molecule has 0 radical (unpaired) electrons. The summed E-state index contributed by atoms with van der Waals surface area (Å²) in [6.45, 7) is 4.52. The maximum Gasteiger partial charge on any atom is 0.323 e. The highest BCUT2D eigenvalue weighted by molar-refractivity contribution is 6.00. The highest BCUT2D eigenvalue weighted by Gasteiger charge is 2.46. The van der Waals surface area contributed by atoms with Gasteiger partial charge < -0.3 is 9.47 Å². The number of esters is 2. The first-order chi connectivity index (χ1) is 7.58. The molecular formula is C11H16O4. The first kappa shape index (κ1) is 11.5. The topological polar surface area (TPSA) is 52.6 Å². The molecule has 0 spiro atoms. The summed E-state index contributed by atoms with van der Waals surface area (Å²) in [5.74, 6) is -1.37. The van der Waals surface area contributed by atoms with Crippen LogP contribution >= 0.6 is 0 Å². The Morgan fingerprint density at radius 1 is 1.27 bits per heavy atom.